The average Bonchev–Trinajstić information content (AvgIpc) is 3.10. The van der Waals surface area contributed by atoms with Crippen LogP contribution in [0.2, 0.25) is 0 Å². The van der Waals surface area contributed by atoms with Crippen molar-refractivity contribution in [1.29, 1.82) is 0 Å². The van der Waals surface area contributed by atoms with Crippen LogP contribution in [-0.2, 0) is 4.74 Å². The van der Waals surface area contributed by atoms with Gasteiger partial charge in [-0.05, 0) is 31.2 Å². The molecule has 1 unspecified atom stereocenters. The molecule has 0 bridgehead atoms. The zero-order chi connectivity index (χ0) is 15.5. The molecule has 0 saturated heterocycles. The standard InChI is InChI=1S/C21H29NO/c1-4-10-17(11-5-1)20-21(23-16-22-20,18-12-6-2-7-13-18)19-14-8-3-9-15-19/h1,4-5,10-11,16,18-20H,2-3,6-9,12-15H2. The Morgan fingerprint density at radius 2 is 1.35 bits per heavy atom. The summed E-state index contributed by atoms with van der Waals surface area (Å²) in [7, 11) is 0. The second-order valence-corrected chi connectivity index (χ2v) is 7.71. The third kappa shape index (κ3) is 2.70. The molecule has 2 fully saturated rings. The molecule has 1 aliphatic heterocycles. The average molecular weight is 311 g/mol. The minimum atomic E-state index is -0.0673. The largest absolute Gasteiger partial charge is 0.474 e. The van der Waals surface area contributed by atoms with E-state index in [1.807, 2.05) is 0 Å². The Kier molecular flexibility index (Phi) is 4.41. The van der Waals surface area contributed by atoms with Gasteiger partial charge in [-0.15, -0.1) is 0 Å². The zero-order valence-electron chi connectivity index (χ0n) is 14.1. The number of hydrogen-bond donors (Lipinski definition) is 0. The molecule has 1 heterocycles. The molecular formula is C21H29NO. The summed E-state index contributed by atoms with van der Waals surface area (Å²) >= 11 is 0. The van der Waals surface area contributed by atoms with E-state index in [0.717, 1.165) is 0 Å². The quantitative estimate of drug-likeness (QED) is 0.703. The fraction of sp³-hybridized carbons (Fsp3) is 0.667. The SMILES string of the molecule is C1=NC(c2ccccc2)C(C2CCCCC2)(C2CCCCC2)O1. The molecule has 4 rings (SSSR count). The van der Waals surface area contributed by atoms with Gasteiger partial charge in [0, 0.05) is 11.8 Å². The monoisotopic (exact) mass is 311 g/mol. The van der Waals surface area contributed by atoms with Crippen LogP contribution >= 0.6 is 0 Å². The van der Waals surface area contributed by atoms with Gasteiger partial charge in [0.05, 0.1) is 0 Å². The second kappa shape index (κ2) is 6.67. The van der Waals surface area contributed by atoms with Gasteiger partial charge in [0.2, 0.25) is 0 Å². The Balaban J connectivity index is 1.71. The lowest BCUT2D eigenvalue weighted by molar-refractivity contribution is -0.0780. The van der Waals surface area contributed by atoms with Gasteiger partial charge in [-0.1, -0.05) is 68.9 Å². The number of rotatable bonds is 3. The van der Waals surface area contributed by atoms with Crippen LogP contribution in [0.3, 0.4) is 0 Å². The first kappa shape index (κ1) is 15.2. The molecule has 0 N–H and O–H groups in total. The molecule has 0 radical (unpaired) electrons. The molecule has 124 valence electrons. The highest BCUT2D eigenvalue weighted by molar-refractivity contribution is 5.53. The van der Waals surface area contributed by atoms with Gasteiger partial charge in [0.25, 0.3) is 0 Å². The van der Waals surface area contributed by atoms with Gasteiger partial charge < -0.3 is 4.74 Å². The van der Waals surface area contributed by atoms with Crippen LogP contribution in [0, 0.1) is 11.8 Å². The van der Waals surface area contributed by atoms with E-state index in [4.69, 9.17) is 9.73 Å². The second-order valence-electron chi connectivity index (χ2n) is 7.71. The predicted octanol–water partition coefficient (Wildman–Crippen LogP) is 5.69. The van der Waals surface area contributed by atoms with Crippen LogP contribution in [0.25, 0.3) is 0 Å². The summed E-state index contributed by atoms with van der Waals surface area (Å²) in [6, 6.07) is 11.1. The molecule has 0 spiro atoms. The van der Waals surface area contributed by atoms with Crippen molar-refractivity contribution in [2.45, 2.75) is 75.9 Å². The molecule has 0 aromatic heterocycles. The molecule has 2 aliphatic carbocycles. The van der Waals surface area contributed by atoms with Crippen molar-refractivity contribution in [3.05, 3.63) is 35.9 Å². The lowest BCUT2D eigenvalue weighted by atomic mass is 9.62. The fourth-order valence-electron chi connectivity index (χ4n) is 5.43. The maximum atomic E-state index is 6.49. The summed E-state index contributed by atoms with van der Waals surface area (Å²) in [6.07, 6.45) is 15.3. The molecule has 2 heteroatoms. The molecule has 2 nitrogen and oxygen atoms in total. The summed E-state index contributed by atoms with van der Waals surface area (Å²) in [4.78, 5) is 4.86. The summed E-state index contributed by atoms with van der Waals surface area (Å²) in [5, 5.41) is 0. The Morgan fingerprint density at radius 3 is 1.91 bits per heavy atom. The van der Waals surface area contributed by atoms with Crippen LogP contribution in [-0.4, -0.2) is 12.0 Å². The maximum Gasteiger partial charge on any atom is 0.171 e. The zero-order valence-corrected chi connectivity index (χ0v) is 14.1. The first-order valence-electron chi connectivity index (χ1n) is 9.65. The van der Waals surface area contributed by atoms with Crippen LogP contribution in [0.15, 0.2) is 35.3 Å². The van der Waals surface area contributed by atoms with Crippen molar-refractivity contribution in [3.8, 4) is 0 Å². The Morgan fingerprint density at radius 1 is 0.783 bits per heavy atom. The molecule has 1 aromatic carbocycles. The number of ether oxygens (including phenoxy) is 1. The molecule has 0 amide bonds. The Hall–Kier alpha value is -1.31. The van der Waals surface area contributed by atoms with Crippen molar-refractivity contribution in [2.24, 2.45) is 16.8 Å². The van der Waals surface area contributed by atoms with E-state index >= 15 is 0 Å². The highest BCUT2D eigenvalue weighted by Gasteiger charge is 2.55. The highest BCUT2D eigenvalue weighted by Crippen LogP contribution is 2.54. The number of nitrogens with zero attached hydrogens (tertiary/aromatic N) is 1. The molecule has 3 aliphatic rings. The van der Waals surface area contributed by atoms with E-state index in [9.17, 15) is 0 Å². The Bertz CT molecular complexity index is 508. The third-order valence-corrected chi connectivity index (χ3v) is 6.50. The molecule has 23 heavy (non-hydrogen) atoms. The highest BCUT2D eigenvalue weighted by atomic mass is 16.5. The van der Waals surface area contributed by atoms with Crippen LogP contribution in [0.5, 0.6) is 0 Å². The summed E-state index contributed by atoms with van der Waals surface area (Å²) in [6.45, 7) is 0. The van der Waals surface area contributed by atoms with Gasteiger partial charge in [-0.3, -0.25) is 0 Å². The van der Waals surface area contributed by atoms with Crippen molar-refractivity contribution in [2.75, 3.05) is 0 Å². The fourth-order valence-corrected chi connectivity index (χ4v) is 5.43. The van der Waals surface area contributed by atoms with Gasteiger partial charge in [0.15, 0.2) is 6.40 Å². The van der Waals surface area contributed by atoms with Gasteiger partial charge >= 0.3 is 0 Å². The number of hydrogen-bond acceptors (Lipinski definition) is 2. The first-order chi connectivity index (χ1) is 11.4. The lowest BCUT2D eigenvalue weighted by Crippen LogP contribution is -2.50. The third-order valence-electron chi connectivity index (χ3n) is 6.50. The molecule has 2 saturated carbocycles. The Labute approximate surface area is 140 Å². The van der Waals surface area contributed by atoms with E-state index in [1.165, 1.54) is 69.8 Å². The molecule has 1 atom stereocenters. The van der Waals surface area contributed by atoms with Crippen molar-refractivity contribution >= 4 is 6.40 Å². The first-order valence-corrected chi connectivity index (χ1v) is 9.65. The van der Waals surface area contributed by atoms with E-state index < -0.39 is 0 Å². The smallest absolute Gasteiger partial charge is 0.171 e. The van der Waals surface area contributed by atoms with Crippen LogP contribution in [0.4, 0.5) is 0 Å². The topological polar surface area (TPSA) is 21.6 Å². The van der Waals surface area contributed by atoms with Gasteiger partial charge in [-0.25, -0.2) is 4.99 Å². The summed E-state index contributed by atoms with van der Waals surface area (Å²) < 4.78 is 6.49. The lowest BCUT2D eigenvalue weighted by Gasteiger charge is -2.48. The molecular weight excluding hydrogens is 282 g/mol. The van der Waals surface area contributed by atoms with Gasteiger partial charge in [-0.2, -0.15) is 0 Å². The van der Waals surface area contributed by atoms with Crippen LogP contribution < -0.4 is 0 Å². The van der Waals surface area contributed by atoms with E-state index in [2.05, 4.69) is 30.3 Å². The normalized spacial score (nSPS) is 28.6. The number of benzene rings is 1. The molecule has 1 aromatic rings. The van der Waals surface area contributed by atoms with E-state index in [0.29, 0.717) is 11.8 Å². The van der Waals surface area contributed by atoms with E-state index in [-0.39, 0.29) is 11.6 Å². The summed E-state index contributed by atoms with van der Waals surface area (Å²) in [5.74, 6) is 1.35. The van der Waals surface area contributed by atoms with Gasteiger partial charge in [0.1, 0.15) is 11.6 Å². The predicted molar refractivity (Wildman–Crippen MR) is 94.6 cm³/mol. The van der Waals surface area contributed by atoms with Crippen molar-refractivity contribution in [3.63, 3.8) is 0 Å². The van der Waals surface area contributed by atoms with Crippen molar-refractivity contribution in [1.82, 2.24) is 0 Å². The van der Waals surface area contributed by atoms with E-state index in [1.54, 1.807) is 6.40 Å². The maximum absolute atomic E-state index is 6.49. The van der Waals surface area contributed by atoms with Crippen LogP contribution in [0.1, 0.15) is 75.8 Å². The minimum absolute atomic E-state index is 0.0673. The summed E-state index contributed by atoms with van der Waals surface area (Å²) in [5.41, 5.74) is 1.28. The van der Waals surface area contributed by atoms with Crippen molar-refractivity contribution < 1.29 is 4.74 Å². The minimum Gasteiger partial charge on any atom is -0.474 e. The number of aliphatic imine (C=N–C) groups is 1.